The molecule has 0 saturated heterocycles. The Morgan fingerprint density at radius 1 is 0.688 bits per heavy atom. The minimum absolute atomic E-state index is 0.0436. The summed E-state index contributed by atoms with van der Waals surface area (Å²) in [4.78, 5) is 0. The number of methoxy groups -OCH3 is 1. The Labute approximate surface area is 96.4 Å². The molecule has 0 saturated carbocycles. The molecule has 0 bridgehead atoms. The molecule has 0 unspecified atom stereocenters. The Balaban J connectivity index is 2.83. The third kappa shape index (κ3) is 13.8. The fourth-order valence-electron chi connectivity index (χ4n) is 0.823. The maximum atomic E-state index is 8.42. The zero-order chi connectivity index (χ0) is 11.9. The molecule has 0 aliphatic heterocycles. The lowest BCUT2D eigenvalue weighted by Gasteiger charge is -2.06. The average Bonchev–Trinajstić information content (AvgIpc) is 2.31. The topological polar surface area (TPSA) is 66.4 Å². The van der Waals surface area contributed by atoms with Crippen molar-refractivity contribution in [1.82, 2.24) is 0 Å². The van der Waals surface area contributed by atoms with Crippen molar-refractivity contribution in [2.75, 3.05) is 66.8 Å². The summed E-state index contributed by atoms with van der Waals surface area (Å²) in [5.74, 6) is 0. The van der Waals surface area contributed by atoms with Crippen molar-refractivity contribution in [3.63, 3.8) is 0 Å². The second-order valence-electron chi connectivity index (χ2n) is 2.88. The first-order chi connectivity index (χ1) is 7.91. The highest BCUT2D eigenvalue weighted by molar-refractivity contribution is 4.32. The summed E-state index contributed by atoms with van der Waals surface area (Å²) in [5, 5.41) is 8.42. The number of aliphatic hydroxyl groups is 1. The Kier molecular flexibility index (Phi) is 14.5. The first kappa shape index (κ1) is 15.8. The van der Waals surface area contributed by atoms with Crippen LogP contribution in [-0.4, -0.2) is 71.9 Å². The van der Waals surface area contributed by atoms with E-state index in [9.17, 15) is 0 Å². The van der Waals surface area contributed by atoms with Crippen LogP contribution in [0.2, 0.25) is 0 Å². The van der Waals surface area contributed by atoms with Crippen LogP contribution >= 0.6 is 0 Å². The molecule has 16 heavy (non-hydrogen) atoms. The third-order valence-electron chi connectivity index (χ3n) is 1.58. The first-order valence-corrected chi connectivity index (χ1v) is 5.32. The van der Waals surface area contributed by atoms with Crippen LogP contribution in [0.4, 0.5) is 0 Å². The van der Waals surface area contributed by atoms with Gasteiger partial charge >= 0.3 is 0 Å². The lowest BCUT2D eigenvalue weighted by atomic mass is 10.7. The Morgan fingerprint density at radius 3 is 1.75 bits per heavy atom. The molecule has 0 radical (unpaired) electrons. The fourth-order valence-corrected chi connectivity index (χ4v) is 0.823. The zero-order valence-corrected chi connectivity index (χ0v) is 9.85. The summed E-state index contributed by atoms with van der Waals surface area (Å²) in [6.07, 6.45) is 0. The maximum absolute atomic E-state index is 8.42. The Morgan fingerprint density at radius 2 is 1.19 bits per heavy atom. The molecule has 6 heteroatoms. The summed E-state index contributed by atoms with van der Waals surface area (Å²) in [6.45, 7) is 3.76. The molecule has 1 N–H and O–H groups in total. The van der Waals surface area contributed by atoms with E-state index in [4.69, 9.17) is 28.8 Å². The molecule has 0 fully saturated rings. The monoisotopic (exact) mass is 238 g/mol. The van der Waals surface area contributed by atoms with Crippen molar-refractivity contribution >= 4 is 0 Å². The quantitative estimate of drug-likeness (QED) is 0.349. The van der Waals surface area contributed by atoms with Crippen LogP contribution < -0.4 is 0 Å². The third-order valence-corrected chi connectivity index (χ3v) is 1.58. The SMILES string of the molecule is COCCOCOCCOCCOCCO. The van der Waals surface area contributed by atoms with E-state index in [-0.39, 0.29) is 13.4 Å². The predicted octanol–water partition coefficient (Wildman–Crippen LogP) is -0.351. The smallest absolute Gasteiger partial charge is 0.146 e. The molecule has 0 spiro atoms. The van der Waals surface area contributed by atoms with Gasteiger partial charge in [0.2, 0.25) is 0 Å². The second kappa shape index (κ2) is 14.8. The van der Waals surface area contributed by atoms with Crippen molar-refractivity contribution in [2.45, 2.75) is 0 Å². The molecular formula is C10H22O6. The normalized spacial score (nSPS) is 10.9. The Bertz CT molecular complexity index is 108. The molecule has 0 aromatic rings. The van der Waals surface area contributed by atoms with Gasteiger partial charge in [0.05, 0.1) is 52.9 Å². The van der Waals surface area contributed by atoms with Gasteiger partial charge < -0.3 is 28.8 Å². The van der Waals surface area contributed by atoms with Crippen LogP contribution in [-0.2, 0) is 23.7 Å². The van der Waals surface area contributed by atoms with Gasteiger partial charge in [-0.3, -0.25) is 0 Å². The van der Waals surface area contributed by atoms with E-state index in [1.54, 1.807) is 7.11 Å². The van der Waals surface area contributed by atoms with E-state index in [1.807, 2.05) is 0 Å². The van der Waals surface area contributed by atoms with E-state index in [1.165, 1.54) is 0 Å². The fraction of sp³-hybridized carbons (Fsp3) is 1.00. The van der Waals surface area contributed by atoms with Gasteiger partial charge in [0.25, 0.3) is 0 Å². The number of aliphatic hydroxyl groups excluding tert-OH is 1. The van der Waals surface area contributed by atoms with Crippen molar-refractivity contribution in [1.29, 1.82) is 0 Å². The molecule has 98 valence electrons. The van der Waals surface area contributed by atoms with E-state index < -0.39 is 0 Å². The molecule has 0 rings (SSSR count). The standard InChI is InChI=1S/C10H22O6/c1-12-4-5-15-10-16-9-8-14-7-6-13-3-2-11/h11H,2-10H2,1H3. The van der Waals surface area contributed by atoms with E-state index in [0.29, 0.717) is 46.2 Å². The highest BCUT2D eigenvalue weighted by Gasteiger charge is 1.91. The number of rotatable bonds is 13. The zero-order valence-electron chi connectivity index (χ0n) is 9.85. The van der Waals surface area contributed by atoms with E-state index in [0.717, 1.165) is 0 Å². The molecule has 0 heterocycles. The number of hydrogen-bond acceptors (Lipinski definition) is 6. The Hall–Kier alpha value is -0.240. The van der Waals surface area contributed by atoms with Gasteiger partial charge in [0.15, 0.2) is 0 Å². The molecule has 0 amide bonds. The van der Waals surface area contributed by atoms with Gasteiger partial charge in [-0.1, -0.05) is 0 Å². The predicted molar refractivity (Wildman–Crippen MR) is 57.4 cm³/mol. The lowest BCUT2D eigenvalue weighted by Crippen LogP contribution is -2.12. The van der Waals surface area contributed by atoms with Gasteiger partial charge in [-0.2, -0.15) is 0 Å². The van der Waals surface area contributed by atoms with Crippen molar-refractivity contribution in [2.24, 2.45) is 0 Å². The van der Waals surface area contributed by atoms with Gasteiger partial charge in [0.1, 0.15) is 6.79 Å². The number of hydrogen-bond donors (Lipinski definition) is 1. The van der Waals surface area contributed by atoms with Crippen molar-refractivity contribution in [3.8, 4) is 0 Å². The van der Waals surface area contributed by atoms with Crippen LogP contribution in [0, 0.1) is 0 Å². The second-order valence-corrected chi connectivity index (χ2v) is 2.88. The molecule has 6 nitrogen and oxygen atoms in total. The minimum atomic E-state index is 0.0436. The van der Waals surface area contributed by atoms with Gasteiger partial charge in [0, 0.05) is 7.11 Å². The summed E-state index contributed by atoms with van der Waals surface area (Å²) in [6, 6.07) is 0. The minimum Gasteiger partial charge on any atom is -0.394 e. The van der Waals surface area contributed by atoms with E-state index >= 15 is 0 Å². The molecule has 0 aromatic heterocycles. The molecule has 0 aliphatic carbocycles. The molecular weight excluding hydrogens is 216 g/mol. The highest BCUT2D eigenvalue weighted by Crippen LogP contribution is 1.82. The molecule has 0 atom stereocenters. The van der Waals surface area contributed by atoms with Gasteiger partial charge in [-0.25, -0.2) is 0 Å². The summed E-state index contributed by atoms with van der Waals surface area (Å²) in [7, 11) is 1.62. The lowest BCUT2D eigenvalue weighted by molar-refractivity contribution is -0.0811. The molecule has 0 aliphatic rings. The first-order valence-electron chi connectivity index (χ1n) is 5.32. The van der Waals surface area contributed by atoms with Gasteiger partial charge in [-0.05, 0) is 0 Å². The summed E-state index contributed by atoms with van der Waals surface area (Å²) >= 11 is 0. The summed E-state index contributed by atoms with van der Waals surface area (Å²) in [5.41, 5.74) is 0. The van der Waals surface area contributed by atoms with Crippen LogP contribution in [0.25, 0.3) is 0 Å². The van der Waals surface area contributed by atoms with Crippen molar-refractivity contribution < 1.29 is 28.8 Å². The maximum Gasteiger partial charge on any atom is 0.146 e. The van der Waals surface area contributed by atoms with Crippen molar-refractivity contribution in [3.05, 3.63) is 0 Å². The number of ether oxygens (including phenoxy) is 5. The highest BCUT2D eigenvalue weighted by atomic mass is 16.7. The van der Waals surface area contributed by atoms with Crippen LogP contribution in [0.1, 0.15) is 0 Å². The molecule has 0 aromatic carbocycles. The van der Waals surface area contributed by atoms with Crippen LogP contribution in [0.15, 0.2) is 0 Å². The summed E-state index contributed by atoms with van der Waals surface area (Å²) < 4.78 is 25.2. The van der Waals surface area contributed by atoms with E-state index in [2.05, 4.69) is 0 Å². The van der Waals surface area contributed by atoms with Crippen LogP contribution in [0.5, 0.6) is 0 Å². The van der Waals surface area contributed by atoms with Gasteiger partial charge in [-0.15, -0.1) is 0 Å². The largest absolute Gasteiger partial charge is 0.394 e. The average molecular weight is 238 g/mol. The van der Waals surface area contributed by atoms with Crippen LogP contribution in [0.3, 0.4) is 0 Å².